The molecule has 1 unspecified atom stereocenters. The first kappa shape index (κ1) is 17.0. The van der Waals surface area contributed by atoms with Crippen LogP contribution in [-0.2, 0) is 14.6 Å². The molecule has 0 bridgehead atoms. The van der Waals surface area contributed by atoms with E-state index in [0.29, 0.717) is 11.4 Å². The average Bonchev–Trinajstić information content (AvgIpc) is 2.96. The molecule has 1 amide bonds. The van der Waals surface area contributed by atoms with Crippen LogP contribution in [0.3, 0.4) is 0 Å². The van der Waals surface area contributed by atoms with Crippen LogP contribution in [0.2, 0.25) is 0 Å². The minimum atomic E-state index is -3.34. The predicted octanol–water partition coefficient (Wildman–Crippen LogP) is 2.89. The average molecular weight is 323 g/mol. The van der Waals surface area contributed by atoms with Crippen molar-refractivity contribution in [2.24, 2.45) is 5.92 Å². The van der Waals surface area contributed by atoms with Gasteiger partial charge in [-0.05, 0) is 37.8 Å². The van der Waals surface area contributed by atoms with E-state index in [1.807, 2.05) is 13.8 Å². The van der Waals surface area contributed by atoms with Crippen LogP contribution in [0, 0.1) is 5.92 Å². The van der Waals surface area contributed by atoms with Crippen LogP contribution in [0.15, 0.2) is 35.2 Å². The molecule has 1 aromatic carbocycles. The molecular weight excluding hydrogens is 298 g/mol. The maximum absolute atomic E-state index is 12.6. The van der Waals surface area contributed by atoms with Crippen LogP contribution in [0.4, 0.5) is 0 Å². The number of hydrogen-bond donors (Lipinski definition) is 0. The van der Waals surface area contributed by atoms with Gasteiger partial charge in [0.1, 0.15) is 0 Å². The van der Waals surface area contributed by atoms with Crippen molar-refractivity contribution < 1.29 is 13.2 Å². The highest BCUT2D eigenvalue weighted by molar-refractivity contribution is 7.91. The quantitative estimate of drug-likeness (QED) is 0.809. The number of amides is 1. The molecule has 122 valence electrons. The van der Waals surface area contributed by atoms with E-state index < -0.39 is 9.84 Å². The molecule has 0 N–H and O–H groups in total. The van der Waals surface area contributed by atoms with Gasteiger partial charge in [-0.25, -0.2) is 8.42 Å². The summed E-state index contributed by atoms with van der Waals surface area (Å²) in [7, 11) is -3.34. The van der Waals surface area contributed by atoms with Crippen molar-refractivity contribution in [2.45, 2.75) is 50.5 Å². The number of sulfone groups is 1. The number of carbonyl (C=O) groups is 1. The van der Waals surface area contributed by atoms with Gasteiger partial charge in [-0.2, -0.15) is 0 Å². The van der Waals surface area contributed by atoms with Crippen molar-refractivity contribution >= 4 is 15.7 Å². The fourth-order valence-electron chi connectivity index (χ4n) is 3.15. The van der Waals surface area contributed by atoms with Gasteiger partial charge in [-0.1, -0.05) is 32.0 Å². The normalized spacial score (nSPS) is 18.9. The molecule has 2 rings (SSSR count). The highest BCUT2D eigenvalue weighted by Gasteiger charge is 2.34. The van der Waals surface area contributed by atoms with E-state index in [1.54, 1.807) is 35.2 Å². The first-order valence-electron chi connectivity index (χ1n) is 8.07. The first-order chi connectivity index (χ1) is 10.5. The van der Waals surface area contributed by atoms with E-state index in [0.717, 1.165) is 25.7 Å². The summed E-state index contributed by atoms with van der Waals surface area (Å²) in [5.74, 6) is 0.166. The van der Waals surface area contributed by atoms with Gasteiger partial charge >= 0.3 is 0 Å². The van der Waals surface area contributed by atoms with Crippen LogP contribution in [-0.4, -0.2) is 37.6 Å². The molecule has 0 aliphatic carbocycles. The third kappa shape index (κ3) is 3.69. The van der Waals surface area contributed by atoms with Gasteiger partial charge in [0.05, 0.1) is 10.6 Å². The highest BCUT2D eigenvalue weighted by atomic mass is 32.2. The molecule has 1 aliphatic rings. The summed E-state index contributed by atoms with van der Waals surface area (Å²) in [6.45, 7) is 4.71. The molecule has 1 fully saturated rings. The van der Waals surface area contributed by atoms with Crippen molar-refractivity contribution in [2.75, 3.05) is 12.3 Å². The SMILES string of the molecule is CCC(CC)C(=O)N1CCCC1CS(=O)(=O)c1ccccc1. The lowest BCUT2D eigenvalue weighted by molar-refractivity contribution is -0.136. The van der Waals surface area contributed by atoms with Gasteiger partial charge in [0.2, 0.25) is 5.91 Å². The molecule has 1 heterocycles. The number of carbonyl (C=O) groups excluding carboxylic acids is 1. The van der Waals surface area contributed by atoms with Gasteiger partial charge in [0, 0.05) is 18.5 Å². The zero-order chi connectivity index (χ0) is 16.2. The lowest BCUT2D eigenvalue weighted by Crippen LogP contribution is -2.42. The fraction of sp³-hybridized carbons (Fsp3) is 0.588. The second-order valence-corrected chi connectivity index (χ2v) is 7.97. The Hall–Kier alpha value is -1.36. The van der Waals surface area contributed by atoms with Crippen molar-refractivity contribution in [3.8, 4) is 0 Å². The van der Waals surface area contributed by atoms with Crippen LogP contribution >= 0.6 is 0 Å². The Morgan fingerprint density at radius 2 is 1.86 bits per heavy atom. The van der Waals surface area contributed by atoms with Crippen molar-refractivity contribution in [3.05, 3.63) is 30.3 Å². The van der Waals surface area contributed by atoms with Crippen LogP contribution < -0.4 is 0 Å². The molecule has 1 aliphatic heterocycles. The van der Waals surface area contributed by atoms with E-state index in [-0.39, 0.29) is 23.6 Å². The summed E-state index contributed by atoms with van der Waals surface area (Å²) in [5, 5.41) is 0. The smallest absolute Gasteiger partial charge is 0.225 e. The maximum atomic E-state index is 12.6. The molecule has 4 nitrogen and oxygen atoms in total. The molecule has 0 aromatic heterocycles. The van der Waals surface area contributed by atoms with Crippen molar-refractivity contribution in [1.29, 1.82) is 0 Å². The molecule has 0 saturated carbocycles. The zero-order valence-electron chi connectivity index (χ0n) is 13.4. The topological polar surface area (TPSA) is 54.5 Å². The number of rotatable bonds is 6. The van der Waals surface area contributed by atoms with Gasteiger partial charge in [0.25, 0.3) is 0 Å². The monoisotopic (exact) mass is 323 g/mol. The second-order valence-electron chi connectivity index (χ2n) is 5.94. The Bertz CT molecular complexity index is 594. The Kier molecular flexibility index (Phi) is 5.62. The summed E-state index contributed by atoms with van der Waals surface area (Å²) in [6, 6.07) is 8.33. The lowest BCUT2D eigenvalue weighted by atomic mass is 10.0. The summed E-state index contributed by atoms with van der Waals surface area (Å²) in [4.78, 5) is 14.7. The predicted molar refractivity (Wildman–Crippen MR) is 87.3 cm³/mol. The van der Waals surface area contributed by atoms with Crippen molar-refractivity contribution in [3.63, 3.8) is 0 Å². The van der Waals surface area contributed by atoms with E-state index >= 15 is 0 Å². The number of benzene rings is 1. The van der Waals surface area contributed by atoms with Crippen LogP contribution in [0.25, 0.3) is 0 Å². The van der Waals surface area contributed by atoms with Gasteiger partial charge < -0.3 is 4.90 Å². The van der Waals surface area contributed by atoms with Gasteiger partial charge in [0.15, 0.2) is 9.84 Å². The number of hydrogen-bond acceptors (Lipinski definition) is 3. The Labute approximate surface area is 133 Å². The Balaban J connectivity index is 2.13. The second kappa shape index (κ2) is 7.27. The fourth-order valence-corrected chi connectivity index (χ4v) is 4.77. The minimum absolute atomic E-state index is 0.0139. The Morgan fingerprint density at radius 1 is 1.23 bits per heavy atom. The van der Waals surface area contributed by atoms with E-state index in [9.17, 15) is 13.2 Å². The third-order valence-corrected chi connectivity index (χ3v) is 6.32. The van der Waals surface area contributed by atoms with E-state index in [1.165, 1.54) is 0 Å². The molecule has 1 atom stereocenters. The molecule has 0 radical (unpaired) electrons. The van der Waals surface area contributed by atoms with Gasteiger partial charge in [-0.15, -0.1) is 0 Å². The summed E-state index contributed by atoms with van der Waals surface area (Å²) in [6.07, 6.45) is 3.28. The maximum Gasteiger partial charge on any atom is 0.225 e. The summed E-state index contributed by atoms with van der Waals surface area (Å²) in [5.41, 5.74) is 0. The summed E-state index contributed by atoms with van der Waals surface area (Å²) >= 11 is 0. The first-order valence-corrected chi connectivity index (χ1v) is 9.73. The molecule has 0 spiro atoms. The zero-order valence-corrected chi connectivity index (χ0v) is 14.2. The molecule has 1 saturated heterocycles. The largest absolute Gasteiger partial charge is 0.338 e. The molecule has 5 heteroatoms. The number of nitrogens with zero attached hydrogens (tertiary/aromatic N) is 1. The van der Waals surface area contributed by atoms with E-state index in [4.69, 9.17) is 0 Å². The van der Waals surface area contributed by atoms with Crippen molar-refractivity contribution in [1.82, 2.24) is 4.90 Å². The molecule has 1 aromatic rings. The standard InChI is InChI=1S/C17H25NO3S/c1-3-14(4-2)17(19)18-12-8-9-15(18)13-22(20,21)16-10-6-5-7-11-16/h5-7,10-11,14-15H,3-4,8-9,12-13H2,1-2H3. The number of likely N-dealkylation sites (tertiary alicyclic amines) is 1. The lowest BCUT2D eigenvalue weighted by Gasteiger charge is -2.28. The van der Waals surface area contributed by atoms with Gasteiger partial charge in [-0.3, -0.25) is 4.79 Å². The Morgan fingerprint density at radius 3 is 2.45 bits per heavy atom. The molecular formula is C17H25NO3S. The summed E-state index contributed by atoms with van der Waals surface area (Å²) < 4.78 is 25.1. The third-order valence-electron chi connectivity index (χ3n) is 4.51. The van der Waals surface area contributed by atoms with Crippen LogP contribution in [0.1, 0.15) is 39.5 Å². The van der Waals surface area contributed by atoms with Crippen LogP contribution in [0.5, 0.6) is 0 Å². The minimum Gasteiger partial charge on any atom is -0.338 e. The molecule has 22 heavy (non-hydrogen) atoms. The highest BCUT2D eigenvalue weighted by Crippen LogP contribution is 2.25. The van der Waals surface area contributed by atoms with E-state index in [2.05, 4.69) is 0 Å².